The summed E-state index contributed by atoms with van der Waals surface area (Å²) < 4.78 is 0. The number of benzene rings is 1. The molecule has 0 aliphatic heterocycles. The lowest BCUT2D eigenvalue weighted by Gasteiger charge is -2.21. The highest BCUT2D eigenvalue weighted by Crippen LogP contribution is 2.38. The molecular formula is C15H23N. The molecule has 1 aromatic rings. The summed E-state index contributed by atoms with van der Waals surface area (Å²) in [7, 11) is 0. The highest BCUT2D eigenvalue weighted by Gasteiger charge is 2.30. The maximum absolute atomic E-state index is 6.35. The molecule has 0 heterocycles. The lowest BCUT2D eigenvalue weighted by atomic mass is 9.87. The van der Waals surface area contributed by atoms with E-state index < -0.39 is 0 Å². The summed E-state index contributed by atoms with van der Waals surface area (Å²) in [6.45, 7) is 4.59. The fraction of sp³-hybridized carbons (Fsp3) is 0.600. The highest BCUT2D eigenvalue weighted by atomic mass is 14.7. The molecule has 0 saturated carbocycles. The first kappa shape index (κ1) is 11.7. The zero-order valence-corrected chi connectivity index (χ0v) is 10.4. The van der Waals surface area contributed by atoms with E-state index in [1.54, 1.807) is 0 Å². The van der Waals surface area contributed by atoms with Gasteiger partial charge < -0.3 is 5.73 Å². The Morgan fingerprint density at radius 3 is 2.56 bits per heavy atom. The summed E-state index contributed by atoms with van der Waals surface area (Å²) in [4.78, 5) is 0. The van der Waals surface area contributed by atoms with Crippen LogP contribution in [0.2, 0.25) is 0 Å². The van der Waals surface area contributed by atoms with Crippen molar-refractivity contribution in [3.8, 4) is 0 Å². The van der Waals surface area contributed by atoms with Crippen molar-refractivity contribution in [3.05, 3.63) is 35.4 Å². The molecular weight excluding hydrogens is 194 g/mol. The van der Waals surface area contributed by atoms with Crippen LogP contribution >= 0.6 is 0 Å². The van der Waals surface area contributed by atoms with Gasteiger partial charge >= 0.3 is 0 Å². The number of fused-ring (bicyclic) bond motifs is 1. The third kappa shape index (κ3) is 2.15. The van der Waals surface area contributed by atoms with E-state index in [4.69, 9.17) is 5.73 Å². The zero-order chi connectivity index (χ0) is 11.5. The third-order valence-corrected chi connectivity index (χ3v) is 4.19. The molecule has 0 saturated heterocycles. The molecule has 0 amide bonds. The van der Waals surface area contributed by atoms with Crippen LogP contribution in [0, 0.1) is 11.8 Å². The van der Waals surface area contributed by atoms with E-state index in [1.807, 2.05) is 0 Å². The Morgan fingerprint density at radius 1 is 1.25 bits per heavy atom. The molecule has 1 heteroatoms. The predicted molar refractivity (Wildman–Crippen MR) is 69.3 cm³/mol. The number of nitrogens with two attached hydrogens (primary N) is 1. The van der Waals surface area contributed by atoms with Gasteiger partial charge in [0.25, 0.3) is 0 Å². The van der Waals surface area contributed by atoms with Gasteiger partial charge in [-0.15, -0.1) is 0 Å². The van der Waals surface area contributed by atoms with Crippen molar-refractivity contribution in [2.24, 2.45) is 17.6 Å². The van der Waals surface area contributed by atoms with Crippen molar-refractivity contribution in [3.63, 3.8) is 0 Å². The molecule has 2 unspecified atom stereocenters. The van der Waals surface area contributed by atoms with Gasteiger partial charge in [0.1, 0.15) is 0 Å². The number of hydrogen-bond acceptors (Lipinski definition) is 1. The Labute approximate surface area is 99.0 Å². The molecule has 2 rings (SSSR count). The Bertz CT molecular complexity index is 341. The normalized spacial score (nSPS) is 23.8. The van der Waals surface area contributed by atoms with E-state index in [0.717, 1.165) is 5.92 Å². The molecule has 0 radical (unpaired) electrons. The van der Waals surface area contributed by atoms with Crippen LogP contribution in [0.5, 0.6) is 0 Å². The largest absolute Gasteiger partial charge is 0.324 e. The second-order valence-electron chi connectivity index (χ2n) is 5.11. The molecule has 1 nitrogen and oxygen atoms in total. The van der Waals surface area contributed by atoms with Crippen LogP contribution < -0.4 is 5.73 Å². The summed E-state index contributed by atoms with van der Waals surface area (Å²) in [5.41, 5.74) is 9.21. The molecule has 0 spiro atoms. The van der Waals surface area contributed by atoms with E-state index in [0.29, 0.717) is 5.92 Å². The zero-order valence-electron chi connectivity index (χ0n) is 10.4. The lowest BCUT2D eigenvalue weighted by molar-refractivity contribution is 0.328. The first-order chi connectivity index (χ1) is 7.76. The fourth-order valence-corrected chi connectivity index (χ4v) is 2.99. The van der Waals surface area contributed by atoms with Crippen molar-refractivity contribution in [1.82, 2.24) is 0 Å². The summed E-state index contributed by atoms with van der Waals surface area (Å²) in [5.74, 6) is 1.52. The number of rotatable bonds is 4. The second kappa shape index (κ2) is 5.01. The Balaban J connectivity index is 2.06. The van der Waals surface area contributed by atoms with Crippen LogP contribution in [-0.4, -0.2) is 0 Å². The minimum atomic E-state index is 0.275. The van der Waals surface area contributed by atoms with Gasteiger partial charge in [-0.05, 0) is 35.8 Å². The molecule has 1 aliphatic rings. The molecule has 1 aliphatic carbocycles. The van der Waals surface area contributed by atoms with Gasteiger partial charge in [0.05, 0.1) is 0 Å². The quantitative estimate of drug-likeness (QED) is 0.818. The standard InChI is InChI=1S/C15H23N/c1-3-11(4-2)9-13-10-12-7-5-6-8-14(12)15(13)16/h5-8,11,13,15H,3-4,9-10,16H2,1-2H3. The van der Waals surface area contributed by atoms with Crippen molar-refractivity contribution >= 4 is 0 Å². The Morgan fingerprint density at radius 2 is 1.94 bits per heavy atom. The van der Waals surface area contributed by atoms with E-state index in [2.05, 4.69) is 38.1 Å². The van der Waals surface area contributed by atoms with Gasteiger partial charge in [0.2, 0.25) is 0 Å². The minimum Gasteiger partial charge on any atom is -0.324 e. The van der Waals surface area contributed by atoms with E-state index in [1.165, 1.54) is 36.8 Å². The monoisotopic (exact) mass is 217 g/mol. The minimum absolute atomic E-state index is 0.275. The molecule has 16 heavy (non-hydrogen) atoms. The van der Waals surface area contributed by atoms with Crippen LogP contribution in [-0.2, 0) is 6.42 Å². The molecule has 2 N–H and O–H groups in total. The summed E-state index contributed by atoms with van der Waals surface area (Å²) in [6.07, 6.45) is 5.06. The third-order valence-electron chi connectivity index (χ3n) is 4.19. The fourth-order valence-electron chi connectivity index (χ4n) is 2.99. The van der Waals surface area contributed by atoms with Gasteiger partial charge in [0.15, 0.2) is 0 Å². The first-order valence-electron chi connectivity index (χ1n) is 6.59. The molecule has 1 aromatic carbocycles. The predicted octanol–water partition coefficient (Wildman–Crippen LogP) is 3.69. The van der Waals surface area contributed by atoms with Crippen LogP contribution in [0.1, 0.15) is 50.3 Å². The maximum Gasteiger partial charge on any atom is 0.0329 e. The maximum atomic E-state index is 6.35. The second-order valence-corrected chi connectivity index (χ2v) is 5.11. The summed E-state index contributed by atoms with van der Waals surface area (Å²) >= 11 is 0. The van der Waals surface area contributed by atoms with Gasteiger partial charge in [-0.2, -0.15) is 0 Å². The Kier molecular flexibility index (Phi) is 3.65. The topological polar surface area (TPSA) is 26.0 Å². The molecule has 0 aromatic heterocycles. The van der Waals surface area contributed by atoms with E-state index in [-0.39, 0.29) is 6.04 Å². The summed E-state index contributed by atoms with van der Waals surface area (Å²) in [5, 5.41) is 0. The van der Waals surface area contributed by atoms with Crippen molar-refractivity contribution in [1.29, 1.82) is 0 Å². The van der Waals surface area contributed by atoms with Crippen LogP contribution in [0.15, 0.2) is 24.3 Å². The van der Waals surface area contributed by atoms with Crippen molar-refractivity contribution in [2.75, 3.05) is 0 Å². The molecule has 0 bridgehead atoms. The van der Waals surface area contributed by atoms with E-state index in [9.17, 15) is 0 Å². The van der Waals surface area contributed by atoms with Crippen molar-refractivity contribution < 1.29 is 0 Å². The van der Waals surface area contributed by atoms with Gasteiger partial charge in [0, 0.05) is 6.04 Å². The average Bonchev–Trinajstić information content (AvgIpc) is 2.64. The highest BCUT2D eigenvalue weighted by molar-refractivity contribution is 5.35. The van der Waals surface area contributed by atoms with Crippen LogP contribution in [0.25, 0.3) is 0 Å². The van der Waals surface area contributed by atoms with Gasteiger partial charge in [-0.1, -0.05) is 51.0 Å². The SMILES string of the molecule is CCC(CC)CC1Cc2ccccc2C1N. The summed E-state index contributed by atoms with van der Waals surface area (Å²) in [6, 6.07) is 8.95. The molecule has 2 atom stereocenters. The number of hydrogen-bond donors (Lipinski definition) is 1. The van der Waals surface area contributed by atoms with Gasteiger partial charge in [-0.3, -0.25) is 0 Å². The lowest BCUT2D eigenvalue weighted by Crippen LogP contribution is -2.19. The van der Waals surface area contributed by atoms with Gasteiger partial charge in [-0.25, -0.2) is 0 Å². The van der Waals surface area contributed by atoms with E-state index >= 15 is 0 Å². The smallest absolute Gasteiger partial charge is 0.0329 e. The van der Waals surface area contributed by atoms with Crippen LogP contribution in [0.3, 0.4) is 0 Å². The molecule has 88 valence electrons. The average molecular weight is 217 g/mol. The van der Waals surface area contributed by atoms with Crippen LogP contribution in [0.4, 0.5) is 0 Å². The van der Waals surface area contributed by atoms with Crippen molar-refractivity contribution in [2.45, 2.75) is 45.6 Å². The molecule has 0 fully saturated rings. The first-order valence-corrected chi connectivity index (χ1v) is 6.59. The Hall–Kier alpha value is -0.820.